The average Bonchev–Trinajstić information content (AvgIpc) is 2.67. The molecular formula is C17H18ClI3N2O8. The minimum atomic E-state index is -1.42. The fraction of sp³-hybridized carbons (Fsp3) is 0.412. The molecule has 14 heteroatoms. The van der Waals surface area contributed by atoms with Crippen molar-refractivity contribution in [1.82, 2.24) is 5.32 Å². The lowest BCUT2D eigenvalue weighted by Gasteiger charge is -2.23. The number of rotatable bonds is 9. The van der Waals surface area contributed by atoms with E-state index in [1.165, 1.54) is 6.92 Å². The quantitative estimate of drug-likeness (QED) is 0.142. The molecular weight excluding hydrogens is 776 g/mol. The van der Waals surface area contributed by atoms with Crippen molar-refractivity contribution in [3.8, 4) is 0 Å². The molecule has 5 N–H and O–H groups in total. The first-order chi connectivity index (χ1) is 14.4. The number of carbonyl (C=O) groups excluding carboxylic acids is 4. The third-order valence-electron chi connectivity index (χ3n) is 3.87. The minimum absolute atomic E-state index is 0.0351. The highest BCUT2D eigenvalue weighted by Gasteiger charge is 2.30. The van der Waals surface area contributed by atoms with E-state index >= 15 is 0 Å². The predicted molar refractivity (Wildman–Crippen MR) is 136 cm³/mol. The smallest absolute Gasteiger partial charge is 0.303 e. The molecule has 0 radical (unpaired) electrons. The van der Waals surface area contributed by atoms with Gasteiger partial charge in [-0.2, -0.15) is 0 Å². The molecule has 172 valence electrons. The molecule has 1 aromatic carbocycles. The molecule has 2 amide bonds. The number of ether oxygens (including phenoxy) is 1. The highest BCUT2D eigenvalue weighted by Crippen LogP contribution is 2.36. The van der Waals surface area contributed by atoms with Crippen LogP contribution in [0.3, 0.4) is 0 Å². The molecule has 0 saturated carbocycles. The molecule has 2 unspecified atom stereocenters. The summed E-state index contributed by atoms with van der Waals surface area (Å²) in [6.45, 7) is 1.14. The Labute approximate surface area is 223 Å². The second-order valence-corrected chi connectivity index (χ2v) is 9.67. The zero-order chi connectivity index (χ0) is 24.0. The van der Waals surface area contributed by atoms with Gasteiger partial charge in [-0.15, -0.1) is 0 Å². The van der Waals surface area contributed by atoms with Gasteiger partial charge in [0.25, 0.3) is 17.1 Å². The second-order valence-electron chi connectivity index (χ2n) is 6.09. The summed E-state index contributed by atoms with van der Waals surface area (Å²) in [5.74, 6) is -2.14. The van der Waals surface area contributed by atoms with Gasteiger partial charge in [0.2, 0.25) is 0 Å². The molecule has 0 aliphatic rings. The van der Waals surface area contributed by atoms with Crippen LogP contribution in [-0.2, 0) is 14.3 Å². The zero-order valence-corrected chi connectivity index (χ0v) is 23.3. The van der Waals surface area contributed by atoms with Crippen LogP contribution < -0.4 is 10.6 Å². The summed E-state index contributed by atoms with van der Waals surface area (Å²) in [6, 6.07) is -1.18. The van der Waals surface area contributed by atoms with Gasteiger partial charge in [0.1, 0.15) is 0 Å². The van der Waals surface area contributed by atoms with Crippen molar-refractivity contribution in [2.75, 3.05) is 18.5 Å². The largest absolute Gasteiger partial charge is 0.453 e. The van der Waals surface area contributed by atoms with Crippen LogP contribution in [-0.4, -0.2) is 69.8 Å². The van der Waals surface area contributed by atoms with E-state index in [0.29, 0.717) is 0 Å². The van der Waals surface area contributed by atoms with Crippen LogP contribution in [0.15, 0.2) is 0 Å². The number of halogens is 4. The summed E-state index contributed by atoms with van der Waals surface area (Å²) in [7, 11) is 0. The molecule has 0 fully saturated rings. The van der Waals surface area contributed by atoms with Crippen molar-refractivity contribution in [1.29, 1.82) is 0 Å². The Hall–Kier alpha value is -0.340. The van der Waals surface area contributed by atoms with Gasteiger partial charge in [0.05, 0.1) is 49.3 Å². The molecule has 0 spiro atoms. The number of benzene rings is 1. The molecule has 0 aliphatic heterocycles. The Morgan fingerprint density at radius 1 is 1.03 bits per heavy atom. The van der Waals surface area contributed by atoms with E-state index in [1.54, 1.807) is 67.8 Å². The first-order valence-corrected chi connectivity index (χ1v) is 12.1. The van der Waals surface area contributed by atoms with Crippen LogP contribution >= 0.6 is 79.4 Å². The standard InChI is InChI=1S/C17H18ClI3N2O8/c1-5(31-6(2)26)16(29)23-14-12(20)9(15(18)28)11(19)10(13(14)21)17(30)22-7(3-24)8(27)4-25/h5,7-8,24-25,27H,3-4H2,1-2H3,(H,22,30)(H,23,29)/t5-,7?,8?/m0/s1. The van der Waals surface area contributed by atoms with Crippen LogP contribution in [0.2, 0.25) is 0 Å². The summed E-state index contributed by atoms with van der Waals surface area (Å²) in [5, 5.41) is 32.3. The number of hydrogen-bond acceptors (Lipinski definition) is 8. The highest BCUT2D eigenvalue weighted by molar-refractivity contribution is 14.1. The van der Waals surface area contributed by atoms with Crippen LogP contribution in [0.1, 0.15) is 34.6 Å². The van der Waals surface area contributed by atoms with E-state index in [0.717, 1.165) is 6.92 Å². The molecule has 0 bridgehead atoms. The van der Waals surface area contributed by atoms with Crippen LogP contribution in [0.25, 0.3) is 0 Å². The van der Waals surface area contributed by atoms with Gasteiger partial charge in [-0.1, -0.05) is 0 Å². The monoisotopic (exact) mass is 794 g/mol. The number of hydrogen-bond donors (Lipinski definition) is 5. The lowest BCUT2D eigenvalue weighted by molar-refractivity contribution is -0.150. The number of amides is 2. The van der Waals surface area contributed by atoms with Crippen molar-refractivity contribution in [3.05, 3.63) is 21.8 Å². The van der Waals surface area contributed by atoms with E-state index < -0.39 is 54.5 Å². The van der Waals surface area contributed by atoms with Crippen molar-refractivity contribution < 1.29 is 39.2 Å². The Kier molecular flexibility index (Phi) is 11.8. The lowest BCUT2D eigenvalue weighted by atomic mass is 10.1. The molecule has 1 aromatic rings. The molecule has 3 atom stereocenters. The van der Waals surface area contributed by atoms with Gasteiger partial charge in [0, 0.05) is 10.5 Å². The summed E-state index contributed by atoms with van der Waals surface area (Å²) in [6.07, 6.45) is -2.57. The maximum absolute atomic E-state index is 12.9. The third kappa shape index (κ3) is 7.32. The normalized spacial score (nSPS) is 13.7. The van der Waals surface area contributed by atoms with Crippen LogP contribution in [0.4, 0.5) is 5.69 Å². The number of carbonyl (C=O) groups is 4. The van der Waals surface area contributed by atoms with Gasteiger partial charge in [-0.25, -0.2) is 0 Å². The van der Waals surface area contributed by atoms with Gasteiger partial charge in [-0.3, -0.25) is 19.2 Å². The number of anilines is 1. The molecule has 0 aromatic heterocycles. The van der Waals surface area contributed by atoms with Gasteiger partial charge in [-0.05, 0) is 86.3 Å². The first kappa shape index (κ1) is 28.7. The maximum Gasteiger partial charge on any atom is 0.303 e. The molecule has 0 saturated heterocycles. The Morgan fingerprint density at radius 2 is 1.58 bits per heavy atom. The number of aliphatic hydroxyl groups is 3. The number of esters is 1. The summed E-state index contributed by atoms with van der Waals surface area (Å²) in [5.41, 5.74) is 0.0276. The molecule has 0 aliphatic carbocycles. The third-order valence-corrected chi connectivity index (χ3v) is 7.29. The fourth-order valence-corrected chi connectivity index (χ4v) is 7.23. The van der Waals surface area contributed by atoms with E-state index in [1.807, 2.05) is 0 Å². The SMILES string of the molecule is CC(=O)O[C@@H](C)C(=O)Nc1c(I)c(C(=O)Cl)c(I)c(C(=O)NC(CO)C(O)CO)c1I. The summed E-state index contributed by atoms with van der Waals surface area (Å²) < 4.78 is 5.53. The lowest BCUT2D eigenvalue weighted by Crippen LogP contribution is -2.47. The van der Waals surface area contributed by atoms with Crippen molar-refractivity contribution in [3.63, 3.8) is 0 Å². The summed E-state index contributed by atoms with van der Waals surface area (Å²) in [4.78, 5) is 48.5. The van der Waals surface area contributed by atoms with Gasteiger partial charge >= 0.3 is 5.97 Å². The predicted octanol–water partition coefficient (Wildman–Crippen LogP) is 1.21. The molecule has 0 heterocycles. The van der Waals surface area contributed by atoms with Crippen molar-refractivity contribution >= 4 is 108 Å². The Balaban J connectivity index is 3.52. The van der Waals surface area contributed by atoms with Crippen LogP contribution in [0.5, 0.6) is 0 Å². The number of aliphatic hydroxyl groups excluding tert-OH is 3. The average molecular weight is 795 g/mol. The molecule has 10 nitrogen and oxygen atoms in total. The van der Waals surface area contributed by atoms with E-state index in [9.17, 15) is 29.4 Å². The maximum atomic E-state index is 12.9. The first-order valence-electron chi connectivity index (χ1n) is 8.46. The van der Waals surface area contributed by atoms with E-state index in [-0.39, 0.29) is 27.5 Å². The molecule has 31 heavy (non-hydrogen) atoms. The number of nitrogens with one attached hydrogen (secondary N) is 2. The minimum Gasteiger partial charge on any atom is -0.453 e. The Bertz CT molecular complexity index is 899. The van der Waals surface area contributed by atoms with Crippen molar-refractivity contribution in [2.24, 2.45) is 0 Å². The zero-order valence-electron chi connectivity index (χ0n) is 16.0. The highest BCUT2D eigenvalue weighted by atomic mass is 127. The molecule has 1 rings (SSSR count). The topological polar surface area (TPSA) is 162 Å². The summed E-state index contributed by atoms with van der Waals surface area (Å²) >= 11 is 11.1. The Morgan fingerprint density at radius 3 is 2.03 bits per heavy atom. The van der Waals surface area contributed by atoms with Crippen LogP contribution in [0, 0.1) is 10.7 Å². The fourth-order valence-electron chi connectivity index (χ4n) is 2.30. The van der Waals surface area contributed by atoms with Gasteiger partial charge < -0.3 is 30.7 Å². The van der Waals surface area contributed by atoms with Crippen molar-refractivity contribution in [2.45, 2.75) is 32.1 Å². The second kappa shape index (κ2) is 12.8. The van der Waals surface area contributed by atoms with E-state index in [2.05, 4.69) is 10.6 Å². The van der Waals surface area contributed by atoms with Gasteiger partial charge in [0.15, 0.2) is 6.10 Å². The van der Waals surface area contributed by atoms with E-state index in [4.69, 9.17) is 21.4 Å².